The largest absolute Gasteiger partial charge is 0.342 e. The second-order valence-electron chi connectivity index (χ2n) is 5.49. The quantitative estimate of drug-likeness (QED) is 0.559. The van der Waals surface area contributed by atoms with Crippen LogP contribution in [0.25, 0.3) is 0 Å². The molecule has 1 amide bonds. The zero-order valence-corrected chi connectivity index (χ0v) is 12.9. The third-order valence-corrected chi connectivity index (χ3v) is 4.53. The van der Waals surface area contributed by atoms with Gasteiger partial charge in [0.05, 0.1) is 0 Å². The van der Waals surface area contributed by atoms with Crippen LogP contribution >= 0.6 is 15.9 Å². The maximum atomic E-state index is 11.6. The van der Waals surface area contributed by atoms with E-state index in [1.54, 1.807) is 0 Å². The highest BCUT2D eigenvalue weighted by Gasteiger charge is 2.26. The average molecular weight is 318 g/mol. The summed E-state index contributed by atoms with van der Waals surface area (Å²) in [7, 11) is 2.19. The van der Waals surface area contributed by atoms with Gasteiger partial charge in [-0.3, -0.25) is 4.79 Å². The van der Waals surface area contributed by atoms with Gasteiger partial charge in [0.25, 0.3) is 0 Å². The Morgan fingerprint density at radius 3 is 2.44 bits per heavy atom. The Bertz CT molecular complexity index is 279. The summed E-state index contributed by atoms with van der Waals surface area (Å²) in [4.78, 5) is 18.9. The highest BCUT2D eigenvalue weighted by molar-refractivity contribution is 9.09. The lowest BCUT2D eigenvalue weighted by atomic mass is 10.2. The van der Waals surface area contributed by atoms with Crippen LogP contribution in [0, 0.1) is 0 Å². The van der Waals surface area contributed by atoms with Gasteiger partial charge in [0, 0.05) is 50.5 Å². The molecule has 0 aromatic heterocycles. The van der Waals surface area contributed by atoms with Gasteiger partial charge < -0.3 is 14.7 Å². The van der Waals surface area contributed by atoms with Crippen molar-refractivity contribution in [2.24, 2.45) is 0 Å². The van der Waals surface area contributed by atoms with Crippen LogP contribution in [0.3, 0.4) is 0 Å². The predicted molar refractivity (Wildman–Crippen MR) is 77.1 cm³/mol. The fraction of sp³-hybridized carbons (Fsp3) is 0.923. The van der Waals surface area contributed by atoms with E-state index < -0.39 is 0 Å². The molecule has 5 heteroatoms. The summed E-state index contributed by atoms with van der Waals surface area (Å²) in [6.45, 7) is 7.80. The number of rotatable bonds is 5. The van der Waals surface area contributed by atoms with Gasteiger partial charge in [-0.05, 0) is 26.4 Å². The molecule has 0 spiro atoms. The molecule has 104 valence electrons. The van der Waals surface area contributed by atoms with Crippen molar-refractivity contribution in [3.8, 4) is 0 Å². The number of likely N-dealkylation sites (tertiary alicyclic amines) is 1. The maximum absolute atomic E-state index is 11.6. The van der Waals surface area contributed by atoms with Crippen molar-refractivity contribution in [3.63, 3.8) is 0 Å². The summed E-state index contributed by atoms with van der Waals surface area (Å²) in [5.74, 6) is 0.316. The molecule has 2 fully saturated rings. The number of hydrogen-bond donors (Lipinski definition) is 0. The van der Waals surface area contributed by atoms with E-state index in [9.17, 15) is 4.79 Å². The maximum Gasteiger partial charge on any atom is 0.223 e. The number of piperazine rings is 1. The van der Waals surface area contributed by atoms with Crippen LogP contribution in [0.2, 0.25) is 0 Å². The predicted octanol–water partition coefficient (Wildman–Crippen LogP) is 1.01. The number of unbranched alkanes of at least 4 members (excludes halogenated alkanes) is 1. The molecule has 2 aliphatic rings. The number of alkyl halides is 1. The Morgan fingerprint density at radius 2 is 1.83 bits per heavy atom. The third kappa shape index (κ3) is 4.21. The Balaban J connectivity index is 1.55. The SMILES string of the molecule is CN1CCN(CCCCN2CC(Br)CC2=O)CC1. The first-order valence-corrected chi connectivity index (χ1v) is 7.89. The van der Waals surface area contributed by atoms with E-state index in [1.807, 2.05) is 4.90 Å². The monoisotopic (exact) mass is 317 g/mol. The first-order valence-electron chi connectivity index (χ1n) is 6.98. The fourth-order valence-corrected chi connectivity index (χ4v) is 3.28. The molecular weight excluding hydrogens is 294 g/mol. The molecule has 2 rings (SSSR count). The summed E-state index contributed by atoms with van der Waals surface area (Å²) in [6.07, 6.45) is 3.02. The number of carbonyl (C=O) groups excluding carboxylic acids is 1. The number of likely N-dealkylation sites (N-methyl/N-ethyl adjacent to an activating group) is 1. The Morgan fingerprint density at radius 1 is 1.17 bits per heavy atom. The summed E-state index contributed by atoms with van der Waals surface area (Å²) in [5, 5.41) is 0. The highest BCUT2D eigenvalue weighted by Crippen LogP contribution is 2.18. The molecule has 0 radical (unpaired) electrons. The zero-order chi connectivity index (χ0) is 13.0. The minimum atomic E-state index is 0.316. The second kappa shape index (κ2) is 6.87. The molecule has 0 aromatic rings. The smallest absolute Gasteiger partial charge is 0.223 e. The minimum Gasteiger partial charge on any atom is -0.342 e. The van der Waals surface area contributed by atoms with Gasteiger partial charge in [-0.2, -0.15) is 0 Å². The molecular formula is C13H24BrN3O. The minimum absolute atomic E-state index is 0.316. The molecule has 4 nitrogen and oxygen atoms in total. The highest BCUT2D eigenvalue weighted by atomic mass is 79.9. The fourth-order valence-electron chi connectivity index (χ4n) is 2.65. The van der Waals surface area contributed by atoms with Crippen molar-refractivity contribution in [1.82, 2.24) is 14.7 Å². The molecule has 2 saturated heterocycles. The van der Waals surface area contributed by atoms with E-state index in [4.69, 9.17) is 0 Å². The number of nitrogens with zero attached hydrogens (tertiary/aromatic N) is 3. The Labute approximate surface area is 118 Å². The van der Waals surface area contributed by atoms with E-state index in [0.717, 1.165) is 19.5 Å². The second-order valence-corrected chi connectivity index (χ2v) is 6.79. The molecule has 18 heavy (non-hydrogen) atoms. The number of halogens is 1. The van der Waals surface area contributed by atoms with Crippen LogP contribution in [-0.4, -0.2) is 78.3 Å². The summed E-state index contributed by atoms with van der Waals surface area (Å²) < 4.78 is 0. The summed E-state index contributed by atoms with van der Waals surface area (Å²) >= 11 is 3.52. The van der Waals surface area contributed by atoms with Crippen molar-refractivity contribution in [2.75, 3.05) is 52.9 Å². The van der Waals surface area contributed by atoms with Gasteiger partial charge in [0.1, 0.15) is 0 Å². The van der Waals surface area contributed by atoms with Crippen LogP contribution in [0.15, 0.2) is 0 Å². The lowest BCUT2D eigenvalue weighted by molar-refractivity contribution is -0.127. The first kappa shape index (κ1) is 14.3. The molecule has 2 heterocycles. The molecule has 1 unspecified atom stereocenters. The Kier molecular flexibility index (Phi) is 5.45. The molecule has 1 atom stereocenters. The topological polar surface area (TPSA) is 26.8 Å². The molecule has 2 aliphatic heterocycles. The van der Waals surface area contributed by atoms with Gasteiger partial charge in [-0.1, -0.05) is 15.9 Å². The van der Waals surface area contributed by atoms with Gasteiger partial charge in [-0.15, -0.1) is 0 Å². The normalized spacial score (nSPS) is 27.1. The van der Waals surface area contributed by atoms with Crippen molar-refractivity contribution >= 4 is 21.8 Å². The average Bonchev–Trinajstić information content (AvgIpc) is 2.66. The lowest BCUT2D eigenvalue weighted by Gasteiger charge is -2.32. The van der Waals surface area contributed by atoms with Crippen LogP contribution in [-0.2, 0) is 4.79 Å². The standard InChI is InChI=1S/C13H24BrN3O/c1-15-6-8-16(9-7-15)4-2-3-5-17-11-12(14)10-13(17)18/h12H,2-11H2,1H3. The molecule has 0 aliphatic carbocycles. The van der Waals surface area contributed by atoms with E-state index in [2.05, 4.69) is 32.8 Å². The van der Waals surface area contributed by atoms with Crippen molar-refractivity contribution in [1.29, 1.82) is 0 Å². The molecule has 0 saturated carbocycles. The zero-order valence-electron chi connectivity index (χ0n) is 11.3. The molecule has 0 aromatic carbocycles. The Hall–Kier alpha value is -0.130. The number of hydrogen-bond acceptors (Lipinski definition) is 3. The lowest BCUT2D eigenvalue weighted by Crippen LogP contribution is -2.44. The summed E-state index contributed by atoms with van der Waals surface area (Å²) in [6, 6.07) is 0. The van der Waals surface area contributed by atoms with Crippen molar-refractivity contribution in [3.05, 3.63) is 0 Å². The van der Waals surface area contributed by atoms with Gasteiger partial charge in [-0.25, -0.2) is 0 Å². The van der Waals surface area contributed by atoms with E-state index in [0.29, 0.717) is 17.2 Å². The van der Waals surface area contributed by atoms with Crippen LogP contribution in [0.4, 0.5) is 0 Å². The summed E-state index contributed by atoms with van der Waals surface area (Å²) in [5.41, 5.74) is 0. The first-order chi connectivity index (χ1) is 8.65. The van der Waals surface area contributed by atoms with Crippen molar-refractivity contribution in [2.45, 2.75) is 24.1 Å². The molecule has 0 bridgehead atoms. The van der Waals surface area contributed by atoms with E-state index >= 15 is 0 Å². The van der Waals surface area contributed by atoms with Crippen molar-refractivity contribution < 1.29 is 4.79 Å². The van der Waals surface area contributed by atoms with Gasteiger partial charge in [0.2, 0.25) is 5.91 Å². The number of amides is 1. The van der Waals surface area contributed by atoms with E-state index in [1.165, 1.54) is 39.1 Å². The van der Waals surface area contributed by atoms with Gasteiger partial charge >= 0.3 is 0 Å². The number of carbonyl (C=O) groups is 1. The third-order valence-electron chi connectivity index (χ3n) is 3.92. The van der Waals surface area contributed by atoms with Crippen LogP contribution < -0.4 is 0 Å². The molecule has 0 N–H and O–H groups in total. The van der Waals surface area contributed by atoms with Crippen LogP contribution in [0.1, 0.15) is 19.3 Å². The van der Waals surface area contributed by atoms with Crippen LogP contribution in [0.5, 0.6) is 0 Å². The van der Waals surface area contributed by atoms with E-state index in [-0.39, 0.29) is 0 Å². The van der Waals surface area contributed by atoms with Gasteiger partial charge in [0.15, 0.2) is 0 Å².